The predicted molar refractivity (Wildman–Crippen MR) is 120 cm³/mol. The average Bonchev–Trinajstić information content (AvgIpc) is 2.74. The van der Waals surface area contributed by atoms with Crippen LogP contribution in [-0.4, -0.2) is 28.1 Å². The summed E-state index contributed by atoms with van der Waals surface area (Å²) in [4.78, 5) is 11.7. The maximum Gasteiger partial charge on any atom is 0.266 e. The van der Waals surface area contributed by atoms with E-state index in [9.17, 15) is 9.90 Å². The molecule has 3 rings (SSSR count). The van der Waals surface area contributed by atoms with Crippen molar-refractivity contribution in [2.45, 2.75) is 26.2 Å². The number of hydrazone groups is 1. The number of H-pyrrole nitrogens is 1. The van der Waals surface area contributed by atoms with Crippen LogP contribution in [0.3, 0.4) is 0 Å². The van der Waals surface area contributed by atoms with Gasteiger partial charge in [-0.05, 0) is 48.9 Å². The van der Waals surface area contributed by atoms with Crippen molar-refractivity contribution in [2.24, 2.45) is 5.10 Å². The van der Waals surface area contributed by atoms with E-state index in [1.165, 1.54) is 18.3 Å². The van der Waals surface area contributed by atoms with E-state index in [0.29, 0.717) is 28.6 Å². The maximum atomic E-state index is 11.7. The van der Waals surface area contributed by atoms with Crippen molar-refractivity contribution >= 4 is 23.5 Å². The molecule has 0 unspecified atom stereocenters. The zero-order valence-corrected chi connectivity index (χ0v) is 17.3. The van der Waals surface area contributed by atoms with Gasteiger partial charge in [0.05, 0.1) is 18.5 Å². The second-order valence-corrected chi connectivity index (χ2v) is 7.08. The van der Waals surface area contributed by atoms with Crippen LogP contribution < -0.4 is 15.7 Å². The first-order valence-electron chi connectivity index (χ1n) is 9.67. The highest BCUT2D eigenvalue weighted by Crippen LogP contribution is 2.26. The molecule has 3 aromatic rings. The van der Waals surface area contributed by atoms with Crippen LogP contribution in [0.4, 0.5) is 5.69 Å². The van der Waals surface area contributed by atoms with E-state index in [4.69, 9.17) is 16.3 Å². The fourth-order valence-corrected chi connectivity index (χ4v) is 2.94. The van der Waals surface area contributed by atoms with Crippen molar-refractivity contribution in [3.63, 3.8) is 0 Å². The van der Waals surface area contributed by atoms with E-state index in [-0.39, 0.29) is 11.3 Å². The number of halogens is 1. The lowest BCUT2D eigenvalue weighted by molar-refractivity contribution is 0.306. The van der Waals surface area contributed by atoms with E-state index in [2.05, 4.69) is 27.6 Å². The number of benzene rings is 2. The number of nitrogens with one attached hydrogen (secondary N) is 2. The topological polar surface area (TPSA) is 99.6 Å². The van der Waals surface area contributed by atoms with Crippen LogP contribution in [0.15, 0.2) is 58.4 Å². The fraction of sp³-hybridized carbons (Fsp3) is 0.227. The Labute approximate surface area is 179 Å². The van der Waals surface area contributed by atoms with Gasteiger partial charge in [0.25, 0.3) is 5.56 Å². The first-order chi connectivity index (χ1) is 14.6. The lowest BCUT2D eigenvalue weighted by atomic mass is 10.1. The van der Waals surface area contributed by atoms with Crippen molar-refractivity contribution in [1.82, 2.24) is 10.2 Å². The highest BCUT2D eigenvalue weighted by atomic mass is 35.5. The van der Waals surface area contributed by atoms with Gasteiger partial charge in [0.15, 0.2) is 0 Å². The number of nitrogens with zero attached hydrogens (tertiary/aromatic N) is 2. The molecule has 0 amide bonds. The molecule has 30 heavy (non-hydrogen) atoms. The molecule has 3 N–H and O–H groups in total. The molecule has 8 heteroatoms. The zero-order valence-electron chi connectivity index (χ0n) is 16.6. The molecular formula is C22H23ClN4O3. The van der Waals surface area contributed by atoms with E-state index < -0.39 is 0 Å². The summed E-state index contributed by atoms with van der Waals surface area (Å²) in [6.07, 6.45) is 4.73. The SMILES string of the molecule is CCCCCOc1ccc(-c2n[nH]c(=O)cc2N/N=C\c2cc(Cl)ccc2O)cc1. The second kappa shape index (κ2) is 10.5. The highest BCUT2D eigenvalue weighted by Gasteiger charge is 2.09. The van der Waals surface area contributed by atoms with Gasteiger partial charge in [0.2, 0.25) is 0 Å². The Bertz CT molecular complexity index is 1060. The third kappa shape index (κ3) is 5.84. The summed E-state index contributed by atoms with van der Waals surface area (Å²) in [6.45, 7) is 2.83. The number of aromatic hydroxyl groups is 1. The number of rotatable bonds is 9. The largest absolute Gasteiger partial charge is 0.507 e. The number of anilines is 1. The molecule has 0 bridgehead atoms. The standard InChI is InChI=1S/C22H23ClN4O3/c1-2-3-4-11-30-18-8-5-15(6-9-18)22-19(13-21(29)26-27-22)25-24-14-16-12-17(23)7-10-20(16)28/h5-10,12-14,28H,2-4,11H2,1H3,(H2,25,26,29)/b24-14-. The van der Waals surface area contributed by atoms with Crippen molar-refractivity contribution in [2.75, 3.05) is 12.0 Å². The van der Waals surface area contributed by atoms with Crippen LogP contribution in [0.5, 0.6) is 11.5 Å². The number of phenolic OH excluding ortho intramolecular Hbond substituents is 1. The molecule has 2 aromatic carbocycles. The number of hydrogen-bond donors (Lipinski definition) is 3. The summed E-state index contributed by atoms with van der Waals surface area (Å²) in [6, 6.07) is 13.5. The fourth-order valence-electron chi connectivity index (χ4n) is 2.76. The Kier molecular flexibility index (Phi) is 7.45. The summed E-state index contributed by atoms with van der Waals surface area (Å²) in [5.74, 6) is 0.826. The third-order valence-corrected chi connectivity index (χ3v) is 4.57. The number of hydrogen-bond acceptors (Lipinski definition) is 6. The van der Waals surface area contributed by atoms with Crippen LogP contribution in [0, 0.1) is 0 Å². The minimum absolute atomic E-state index is 0.0451. The molecule has 0 spiro atoms. The maximum absolute atomic E-state index is 11.7. The van der Waals surface area contributed by atoms with Crippen molar-refractivity contribution in [3.05, 3.63) is 69.5 Å². The molecule has 0 saturated carbocycles. The van der Waals surface area contributed by atoms with Gasteiger partial charge in [0, 0.05) is 22.2 Å². The third-order valence-electron chi connectivity index (χ3n) is 4.33. The molecule has 156 valence electrons. The number of ether oxygens (including phenoxy) is 1. The van der Waals surface area contributed by atoms with E-state index in [1.54, 1.807) is 12.1 Å². The van der Waals surface area contributed by atoms with Crippen LogP contribution >= 0.6 is 11.6 Å². The van der Waals surface area contributed by atoms with Crippen LogP contribution in [0.25, 0.3) is 11.3 Å². The van der Waals surface area contributed by atoms with Gasteiger partial charge in [0.1, 0.15) is 17.2 Å². The molecule has 1 aromatic heterocycles. The van der Waals surface area contributed by atoms with Gasteiger partial charge in [-0.3, -0.25) is 10.2 Å². The minimum atomic E-state index is -0.363. The van der Waals surface area contributed by atoms with Gasteiger partial charge in [-0.2, -0.15) is 10.2 Å². The quantitative estimate of drug-likeness (QED) is 0.259. The molecule has 0 aliphatic rings. The minimum Gasteiger partial charge on any atom is -0.507 e. The van der Waals surface area contributed by atoms with Crippen LogP contribution in [-0.2, 0) is 0 Å². The smallest absolute Gasteiger partial charge is 0.266 e. The Balaban J connectivity index is 1.76. The van der Waals surface area contributed by atoms with E-state index in [1.807, 2.05) is 24.3 Å². The Hall–Kier alpha value is -3.32. The molecule has 0 radical (unpaired) electrons. The number of phenols is 1. The monoisotopic (exact) mass is 426 g/mol. The van der Waals surface area contributed by atoms with Crippen molar-refractivity contribution in [3.8, 4) is 22.8 Å². The molecule has 0 aliphatic heterocycles. The van der Waals surface area contributed by atoms with Crippen LogP contribution in [0.2, 0.25) is 5.02 Å². The van der Waals surface area contributed by atoms with E-state index in [0.717, 1.165) is 30.6 Å². The molecule has 1 heterocycles. The lowest BCUT2D eigenvalue weighted by Gasteiger charge is -2.09. The number of unbranched alkanes of at least 4 members (excludes halogenated alkanes) is 2. The van der Waals surface area contributed by atoms with Gasteiger partial charge in [-0.15, -0.1) is 0 Å². The summed E-state index contributed by atoms with van der Waals surface area (Å²) in [7, 11) is 0. The second-order valence-electron chi connectivity index (χ2n) is 6.65. The molecule has 7 nitrogen and oxygen atoms in total. The molecule has 0 aliphatic carbocycles. The van der Waals surface area contributed by atoms with Gasteiger partial charge in [-0.25, -0.2) is 5.10 Å². The van der Waals surface area contributed by atoms with Gasteiger partial charge < -0.3 is 9.84 Å². The summed E-state index contributed by atoms with van der Waals surface area (Å²) < 4.78 is 5.73. The molecular weight excluding hydrogens is 404 g/mol. The Morgan fingerprint density at radius 3 is 2.77 bits per heavy atom. The van der Waals surface area contributed by atoms with Gasteiger partial charge >= 0.3 is 0 Å². The number of aromatic amines is 1. The van der Waals surface area contributed by atoms with Crippen LogP contribution in [0.1, 0.15) is 31.7 Å². The Morgan fingerprint density at radius 2 is 2.00 bits per heavy atom. The van der Waals surface area contributed by atoms with Crippen molar-refractivity contribution < 1.29 is 9.84 Å². The lowest BCUT2D eigenvalue weighted by Crippen LogP contribution is -2.10. The number of aromatic nitrogens is 2. The predicted octanol–water partition coefficient (Wildman–Crippen LogP) is 4.81. The highest BCUT2D eigenvalue weighted by molar-refractivity contribution is 6.30. The molecule has 0 fully saturated rings. The van der Waals surface area contributed by atoms with Gasteiger partial charge in [-0.1, -0.05) is 31.4 Å². The normalized spacial score (nSPS) is 11.0. The summed E-state index contributed by atoms with van der Waals surface area (Å²) in [5.41, 5.74) is 4.63. The van der Waals surface area contributed by atoms with E-state index >= 15 is 0 Å². The molecule has 0 atom stereocenters. The first kappa shape index (κ1) is 21.4. The summed E-state index contributed by atoms with van der Waals surface area (Å²) in [5, 5.41) is 21.0. The first-order valence-corrected chi connectivity index (χ1v) is 10.0. The average molecular weight is 427 g/mol. The van der Waals surface area contributed by atoms with Crippen molar-refractivity contribution in [1.29, 1.82) is 0 Å². The Morgan fingerprint density at radius 1 is 1.20 bits per heavy atom. The zero-order chi connectivity index (χ0) is 21.3. The summed E-state index contributed by atoms with van der Waals surface area (Å²) >= 11 is 5.94. The molecule has 0 saturated heterocycles.